The maximum absolute atomic E-state index is 13.9. The summed E-state index contributed by atoms with van der Waals surface area (Å²) in [5, 5.41) is 16.4. The van der Waals surface area contributed by atoms with Crippen LogP contribution in [0.4, 0.5) is 14.5 Å². The number of nitrogens with one attached hydrogen (secondary N) is 2. The van der Waals surface area contributed by atoms with Crippen LogP contribution >= 0.6 is 0 Å². The summed E-state index contributed by atoms with van der Waals surface area (Å²) >= 11 is 0. The van der Waals surface area contributed by atoms with Crippen LogP contribution in [0.15, 0.2) is 12.1 Å². The number of nitrogens with zero attached hydrogens (tertiary/aromatic N) is 1. The fourth-order valence-electron chi connectivity index (χ4n) is 2.36. The highest BCUT2D eigenvalue weighted by Gasteiger charge is 2.27. The average Bonchev–Trinajstić information content (AvgIpc) is 2.43. The Labute approximate surface area is 119 Å². The second-order valence-electron chi connectivity index (χ2n) is 5.01. The first-order chi connectivity index (χ1) is 9.90. The van der Waals surface area contributed by atoms with Gasteiger partial charge in [-0.25, -0.2) is 4.39 Å². The predicted octanol–water partition coefficient (Wildman–Crippen LogP) is 1.74. The lowest BCUT2D eigenvalue weighted by atomic mass is 9.99. The Morgan fingerprint density at radius 2 is 2.19 bits per heavy atom. The number of amides is 1. The van der Waals surface area contributed by atoms with Crippen LogP contribution in [0.1, 0.15) is 30.1 Å². The largest absolute Gasteiger partial charge is 0.348 e. The van der Waals surface area contributed by atoms with Gasteiger partial charge < -0.3 is 10.6 Å². The number of carbonyl (C=O) groups excluding carboxylic acids is 1. The summed E-state index contributed by atoms with van der Waals surface area (Å²) in [6.07, 6.45) is 1.56. The van der Waals surface area contributed by atoms with Gasteiger partial charge in [-0.1, -0.05) is 0 Å². The van der Waals surface area contributed by atoms with Gasteiger partial charge in [-0.15, -0.1) is 0 Å². The van der Waals surface area contributed by atoms with Gasteiger partial charge in [0.05, 0.1) is 16.6 Å². The molecule has 114 valence electrons. The van der Waals surface area contributed by atoms with Crippen LogP contribution < -0.4 is 10.6 Å². The van der Waals surface area contributed by atoms with Crippen LogP contribution in [-0.2, 0) is 0 Å². The lowest BCUT2D eigenvalue weighted by molar-refractivity contribution is -0.387. The molecule has 2 N–H and O–H groups in total. The summed E-state index contributed by atoms with van der Waals surface area (Å²) in [4.78, 5) is 21.6. The van der Waals surface area contributed by atoms with Crippen molar-refractivity contribution in [2.75, 3.05) is 6.54 Å². The molecular formula is C13H15F2N3O3. The number of rotatable bonds is 3. The zero-order chi connectivity index (χ0) is 15.6. The normalized spacial score (nSPS) is 21.9. The highest BCUT2D eigenvalue weighted by atomic mass is 19.1. The molecule has 8 heteroatoms. The fourth-order valence-corrected chi connectivity index (χ4v) is 2.36. The highest BCUT2D eigenvalue weighted by molar-refractivity contribution is 5.95. The van der Waals surface area contributed by atoms with Gasteiger partial charge in [0.25, 0.3) is 5.91 Å². The van der Waals surface area contributed by atoms with E-state index in [1.807, 2.05) is 6.92 Å². The number of halogens is 2. The van der Waals surface area contributed by atoms with E-state index in [2.05, 4.69) is 10.6 Å². The van der Waals surface area contributed by atoms with Crippen molar-refractivity contribution >= 4 is 11.6 Å². The summed E-state index contributed by atoms with van der Waals surface area (Å²) in [5.41, 5.74) is -1.70. The van der Waals surface area contributed by atoms with Crippen molar-refractivity contribution in [3.63, 3.8) is 0 Å². The molecule has 0 radical (unpaired) electrons. The number of piperidine rings is 1. The van der Waals surface area contributed by atoms with Crippen molar-refractivity contribution < 1.29 is 18.5 Å². The van der Waals surface area contributed by atoms with E-state index < -0.39 is 33.7 Å². The number of hydrogen-bond acceptors (Lipinski definition) is 4. The number of hydrogen-bond donors (Lipinski definition) is 2. The molecule has 0 saturated carbocycles. The molecule has 21 heavy (non-hydrogen) atoms. The summed E-state index contributed by atoms with van der Waals surface area (Å²) in [5.74, 6) is -3.20. The smallest absolute Gasteiger partial charge is 0.308 e. The second kappa shape index (κ2) is 6.13. The first-order valence-electron chi connectivity index (χ1n) is 6.58. The number of carbonyl (C=O) groups is 1. The van der Waals surface area contributed by atoms with Crippen molar-refractivity contribution in [1.82, 2.24) is 10.6 Å². The number of nitro benzene ring substituents is 1. The Morgan fingerprint density at radius 1 is 1.48 bits per heavy atom. The van der Waals surface area contributed by atoms with E-state index in [4.69, 9.17) is 0 Å². The van der Waals surface area contributed by atoms with Crippen LogP contribution in [0.3, 0.4) is 0 Å². The van der Waals surface area contributed by atoms with E-state index in [0.29, 0.717) is 18.6 Å². The maximum atomic E-state index is 13.9. The SMILES string of the molecule is CC1NCCCC1NC(=O)c1cc(F)cc([N+](=O)[O-])c1F. The monoisotopic (exact) mass is 299 g/mol. The Bertz CT molecular complexity index is 580. The average molecular weight is 299 g/mol. The standard InChI is InChI=1S/C13H15F2N3O3/c1-7-10(3-2-4-16-7)17-13(19)9-5-8(14)6-11(12(9)15)18(20)21/h5-7,10,16H,2-4H2,1H3,(H,17,19). The van der Waals surface area contributed by atoms with Gasteiger partial charge in [-0.3, -0.25) is 14.9 Å². The van der Waals surface area contributed by atoms with Crippen molar-refractivity contribution in [2.45, 2.75) is 31.8 Å². The molecule has 0 aromatic heterocycles. The summed E-state index contributed by atoms with van der Waals surface area (Å²) < 4.78 is 27.2. The summed E-state index contributed by atoms with van der Waals surface area (Å²) in [6.45, 7) is 2.70. The lowest BCUT2D eigenvalue weighted by Crippen LogP contribution is -2.52. The molecule has 1 aliphatic rings. The molecule has 1 saturated heterocycles. The third-order valence-electron chi connectivity index (χ3n) is 3.54. The minimum atomic E-state index is -1.32. The Morgan fingerprint density at radius 3 is 2.81 bits per heavy atom. The topological polar surface area (TPSA) is 84.3 Å². The molecule has 2 rings (SSSR count). The molecule has 0 bridgehead atoms. The molecule has 2 atom stereocenters. The van der Waals surface area contributed by atoms with E-state index in [-0.39, 0.29) is 12.1 Å². The molecule has 1 aliphatic heterocycles. The third kappa shape index (κ3) is 3.33. The first-order valence-corrected chi connectivity index (χ1v) is 6.58. The molecule has 2 unspecified atom stereocenters. The molecule has 0 aliphatic carbocycles. The van der Waals surface area contributed by atoms with Crippen LogP contribution in [0.2, 0.25) is 0 Å². The fraction of sp³-hybridized carbons (Fsp3) is 0.462. The van der Waals surface area contributed by atoms with Gasteiger partial charge in [0, 0.05) is 12.1 Å². The maximum Gasteiger partial charge on any atom is 0.308 e. The van der Waals surface area contributed by atoms with Gasteiger partial charge >= 0.3 is 5.69 Å². The third-order valence-corrected chi connectivity index (χ3v) is 3.54. The predicted molar refractivity (Wildman–Crippen MR) is 71.0 cm³/mol. The van der Waals surface area contributed by atoms with E-state index in [9.17, 15) is 23.7 Å². The minimum absolute atomic E-state index is 0.00527. The van der Waals surface area contributed by atoms with Crippen LogP contribution in [0.5, 0.6) is 0 Å². The van der Waals surface area contributed by atoms with Crippen molar-refractivity contribution in [1.29, 1.82) is 0 Å². The van der Waals surface area contributed by atoms with E-state index in [0.717, 1.165) is 13.0 Å². The van der Waals surface area contributed by atoms with Crippen molar-refractivity contribution in [3.05, 3.63) is 39.4 Å². The Kier molecular flexibility index (Phi) is 4.46. The molecule has 0 spiro atoms. The van der Waals surface area contributed by atoms with Crippen LogP contribution in [-0.4, -0.2) is 29.5 Å². The summed E-state index contributed by atoms with van der Waals surface area (Å²) in [6, 6.07) is 0.887. The molecule has 1 aromatic carbocycles. The molecule has 6 nitrogen and oxygen atoms in total. The van der Waals surface area contributed by atoms with Gasteiger partial charge in [-0.2, -0.15) is 4.39 Å². The van der Waals surface area contributed by atoms with Gasteiger partial charge in [0.2, 0.25) is 5.82 Å². The minimum Gasteiger partial charge on any atom is -0.348 e. The van der Waals surface area contributed by atoms with Crippen LogP contribution in [0, 0.1) is 21.7 Å². The molecule has 1 fully saturated rings. The number of nitro groups is 1. The summed E-state index contributed by atoms with van der Waals surface area (Å²) in [7, 11) is 0. The zero-order valence-corrected chi connectivity index (χ0v) is 11.4. The molecule has 1 heterocycles. The van der Waals surface area contributed by atoms with Gasteiger partial charge in [-0.05, 0) is 32.4 Å². The van der Waals surface area contributed by atoms with E-state index >= 15 is 0 Å². The Hall–Kier alpha value is -2.09. The van der Waals surface area contributed by atoms with Crippen molar-refractivity contribution in [2.24, 2.45) is 0 Å². The van der Waals surface area contributed by atoms with Gasteiger partial charge in [0.1, 0.15) is 5.82 Å². The van der Waals surface area contributed by atoms with E-state index in [1.165, 1.54) is 0 Å². The molecule has 1 aromatic rings. The molecule has 1 amide bonds. The van der Waals surface area contributed by atoms with Crippen molar-refractivity contribution in [3.8, 4) is 0 Å². The van der Waals surface area contributed by atoms with E-state index in [1.54, 1.807) is 0 Å². The second-order valence-corrected chi connectivity index (χ2v) is 5.01. The lowest BCUT2D eigenvalue weighted by Gasteiger charge is -2.30. The zero-order valence-electron chi connectivity index (χ0n) is 11.4. The first kappa shape index (κ1) is 15.3. The van der Waals surface area contributed by atoms with Crippen LogP contribution in [0.25, 0.3) is 0 Å². The number of benzene rings is 1. The highest BCUT2D eigenvalue weighted by Crippen LogP contribution is 2.23. The quantitative estimate of drug-likeness (QED) is 0.658. The Balaban J connectivity index is 2.24. The van der Waals surface area contributed by atoms with Gasteiger partial charge in [0.15, 0.2) is 0 Å². The molecular weight excluding hydrogens is 284 g/mol.